The van der Waals surface area contributed by atoms with Crippen LogP contribution in [0.25, 0.3) is 0 Å². The molecular weight excluding hydrogens is 220 g/mol. The number of carboxylic acids is 1. The lowest BCUT2D eigenvalue weighted by Crippen LogP contribution is -2.42. The first kappa shape index (κ1) is 12.2. The average Bonchev–Trinajstić information content (AvgIpc) is 2.77. The lowest BCUT2D eigenvalue weighted by Gasteiger charge is -2.13. The Balaban J connectivity index is 1.64. The number of aliphatic carboxylic acids is 1. The second kappa shape index (κ2) is 4.94. The molecule has 0 bridgehead atoms. The van der Waals surface area contributed by atoms with Crippen LogP contribution >= 0.6 is 0 Å². The van der Waals surface area contributed by atoms with Crippen LogP contribution in [-0.4, -0.2) is 29.7 Å². The van der Waals surface area contributed by atoms with Crippen LogP contribution in [0.15, 0.2) is 0 Å². The Hall–Kier alpha value is -1.26. The average molecular weight is 240 g/mol. The van der Waals surface area contributed by atoms with Gasteiger partial charge in [0.05, 0.1) is 5.92 Å². The van der Waals surface area contributed by atoms with E-state index in [1.54, 1.807) is 0 Å². The van der Waals surface area contributed by atoms with Crippen LogP contribution in [0.1, 0.15) is 32.6 Å². The molecule has 0 radical (unpaired) electrons. The van der Waals surface area contributed by atoms with Gasteiger partial charge >= 0.3 is 12.0 Å². The van der Waals surface area contributed by atoms with Gasteiger partial charge in [-0.1, -0.05) is 6.92 Å². The van der Waals surface area contributed by atoms with Gasteiger partial charge in [-0.05, 0) is 37.5 Å². The summed E-state index contributed by atoms with van der Waals surface area (Å²) in [4.78, 5) is 22.3. The van der Waals surface area contributed by atoms with Crippen molar-refractivity contribution >= 4 is 12.0 Å². The van der Waals surface area contributed by atoms with Gasteiger partial charge in [0.1, 0.15) is 0 Å². The molecule has 0 aromatic heterocycles. The van der Waals surface area contributed by atoms with Crippen LogP contribution in [-0.2, 0) is 4.79 Å². The molecule has 2 amide bonds. The van der Waals surface area contributed by atoms with Gasteiger partial charge in [0, 0.05) is 12.6 Å². The number of amides is 2. The van der Waals surface area contributed by atoms with Crippen LogP contribution in [0, 0.1) is 17.8 Å². The zero-order chi connectivity index (χ0) is 12.4. The monoisotopic (exact) mass is 240 g/mol. The van der Waals surface area contributed by atoms with Gasteiger partial charge in [-0.25, -0.2) is 4.79 Å². The fourth-order valence-corrected chi connectivity index (χ4v) is 2.48. The van der Waals surface area contributed by atoms with E-state index in [-0.39, 0.29) is 18.0 Å². The number of nitrogens with one attached hydrogen (secondary N) is 2. The molecule has 0 spiro atoms. The van der Waals surface area contributed by atoms with Gasteiger partial charge in [-0.3, -0.25) is 4.79 Å². The van der Waals surface area contributed by atoms with Crippen molar-refractivity contribution in [3.05, 3.63) is 0 Å². The summed E-state index contributed by atoms with van der Waals surface area (Å²) in [7, 11) is 0. The fourth-order valence-electron chi connectivity index (χ4n) is 2.48. The quantitative estimate of drug-likeness (QED) is 0.690. The number of urea groups is 1. The molecule has 96 valence electrons. The third-order valence-electron chi connectivity index (χ3n) is 3.92. The van der Waals surface area contributed by atoms with E-state index in [0.717, 1.165) is 18.9 Å². The first-order valence-corrected chi connectivity index (χ1v) is 6.33. The Bertz CT molecular complexity index is 319. The molecule has 5 heteroatoms. The number of carbonyl (C=O) groups is 2. The summed E-state index contributed by atoms with van der Waals surface area (Å²) in [5, 5.41) is 14.5. The summed E-state index contributed by atoms with van der Waals surface area (Å²) in [5.41, 5.74) is 0. The topological polar surface area (TPSA) is 78.4 Å². The van der Waals surface area contributed by atoms with Crippen LogP contribution < -0.4 is 10.6 Å². The standard InChI is InChI=1S/C12H20N2O3/c1-7-4-9(7)6-13-12(17)14-10-3-2-8(5-10)11(15)16/h7-10H,2-6H2,1H3,(H,15,16)(H2,13,14,17)/t7?,8-,9?,10+/m1/s1. The van der Waals surface area contributed by atoms with E-state index >= 15 is 0 Å². The molecule has 0 heterocycles. The molecule has 2 rings (SSSR count). The molecule has 2 saturated carbocycles. The summed E-state index contributed by atoms with van der Waals surface area (Å²) in [6, 6.07) is -0.132. The van der Waals surface area contributed by atoms with Crippen molar-refractivity contribution in [2.45, 2.75) is 38.6 Å². The maximum absolute atomic E-state index is 11.5. The van der Waals surface area contributed by atoms with Gasteiger partial charge in [-0.2, -0.15) is 0 Å². The minimum Gasteiger partial charge on any atom is -0.481 e. The lowest BCUT2D eigenvalue weighted by molar-refractivity contribution is -0.141. The largest absolute Gasteiger partial charge is 0.481 e. The summed E-state index contributed by atoms with van der Waals surface area (Å²) < 4.78 is 0. The van der Waals surface area contributed by atoms with Crippen molar-refractivity contribution in [1.29, 1.82) is 0 Å². The van der Waals surface area contributed by atoms with E-state index in [4.69, 9.17) is 5.11 Å². The van der Waals surface area contributed by atoms with Crippen molar-refractivity contribution in [3.8, 4) is 0 Å². The summed E-state index contributed by atoms with van der Waals surface area (Å²) in [6.07, 6.45) is 3.19. The Kier molecular flexibility index (Phi) is 3.54. The normalized spacial score (nSPS) is 35.4. The molecule has 4 atom stereocenters. The SMILES string of the molecule is CC1CC1CNC(=O)N[C@H]1CC[C@@H](C(=O)O)C1. The molecule has 3 N–H and O–H groups in total. The highest BCUT2D eigenvalue weighted by Gasteiger charge is 2.33. The Morgan fingerprint density at radius 1 is 1.29 bits per heavy atom. The predicted molar refractivity (Wildman–Crippen MR) is 62.6 cm³/mol. The van der Waals surface area contributed by atoms with Crippen molar-refractivity contribution in [1.82, 2.24) is 10.6 Å². The van der Waals surface area contributed by atoms with Crippen LogP contribution in [0.2, 0.25) is 0 Å². The van der Waals surface area contributed by atoms with Crippen LogP contribution in [0.4, 0.5) is 4.79 Å². The van der Waals surface area contributed by atoms with Gasteiger partial charge < -0.3 is 15.7 Å². The van der Waals surface area contributed by atoms with E-state index in [2.05, 4.69) is 17.6 Å². The molecule has 0 aliphatic heterocycles. The highest BCUT2D eigenvalue weighted by atomic mass is 16.4. The molecule has 2 aliphatic carbocycles. The highest BCUT2D eigenvalue weighted by molar-refractivity contribution is 5.75. The molecule has 0 saturated heterocycles. The molecule has 0 aromatic carbocycles. The summed E-state index contributed by atoms with van der Waals surface area (Å²) in [6.45, 7) is 2.92. The molecule has 0 aromatic rings. The summed E-state index contributed by atoms with van der Waals surface area (Å²) in [5.74, 6) is 0.333. The van der Waals surface area contributed by atoms with Gasteiger partial charge in [-0.15, -0.1) is 0 Å². The molecular formula is C12H20N2O3. The minimum absolute atomic E-state index is 0.0210. The molecule has 2 unspecified atom stereocenters. The number of rotatable bonds is 4. The van der Waals surface area contributed by atoms with E-state index in [0.29, 0.717) is 18.8 Å². The highest BCUT2D eigenvalue weighted by Crippen LogP contribution is 2.36. The predicted octanol–water partition coefficient (Wildman–Crippen LogP) is 1.19. The second-order valence-electron chi connectivity index (χ2n) is 5.37. The van der Waals surface area contributed by atoms with Crippen LogP contribution in [0.5, 0.6) is 0 Å². The Morgan fingerprint density at radius 3 is 2.53 bits per heavy atom. The third-order valence-corrected chi connectivity index (χ3v) is 3.92. The zero-order valence-corrected chi connectivity index (χ0v) is 10.1. The number of hydrogen-bond acceptors (Lipinski definition) is 2. The first-order chi connectivity index (χ1) is 8.06. The molecule has 2 aliphatic rings. The Morgan fingerprint density at radius 2 is 2.00 bits per heavy atom. The van der Waals surface area contributed by atoms with Gasteiger partial charge in [0.2, 0.25) is 0 Å². The van der Waals surface area contributed by atoms with Gasteiger partial charge in [0.15, 0.2) is 0 Å². The molecule has 17 heavy (non-hydrogen) atoms. The Labute approximate surface area is 101 Å². The molecule has 5 nitrogen and oxygen atoms in total. The summed E-state index contributed by atoms with van der Waals surface area (Å²) >= 11 is 0. The van der Waals surface area contributed by atoms with Crippen molar-refractivity contribution in [2.75, 3.05) is 6.54 Å². The van der Waals surface area contributed by atoms with E-state index in [1.807, 2.05) is 0 Å². The van der Waals surface area contributed by atoms with E-state index in [1.165, 1.54) is 6.42 Å². The van der Waals surface area contributed by atoms with Crippen molar-refractivity contribution in [2.24, 2.45) is 17.8 Å². The second-order valence-corrected chi connectivity index (χ2v) is 5.37. The van der Waals surface area contributed by atoms with Gasteiger partial charge in [0.25, 0.3) is 0 Å². The maximum Gasteiger partial charge on any atom is 0.315 e. The third kappa shape index (κ3) is 3.35. The fraction of sp³-hybridized carbons (Fsp3) is 0.833. The maximum atomic E-state index is 11.5. The van der Waals surface area contributed by atoms with E-state index < -0.39 is 5.97 Å². The van der Waals surface area contributed by atoms with Crippen molar-refractivity contribution < 1.29 is 14.7 Å². The van der Waals surface area contributed by atoms with Crippen LogP contribution in [0.3, 0.4) is 0 Å². The number of hydrogen-bond donors (Lipinski definition) is 3. The first-order valence-electron chi connectivity index (χ1n) is 6.33. The van der Waals surface area contributed by atoms with E-state index in [9.17, 15) is 9.59 Å². The smallest absolute Gasteiger partial charge is 0.315 e. The zero-order valence-electron chi connectivity index (χ0n) is 10.1. The minimum atomic E-state index is -0.749. The number of carbonyl (C=O) groups excluding carboxylic acids is 1. The van der Waals surface area contributed by atoms with Crippen molar-refractivity contribution in [3.63, 3.8) is 0 Å². The number of carboxylic acid groups (broad SMARTS) is 1. The molecule has 2 fully saturated rings. The lowest BCUT2D eigenvalue weighted by atomic mass is 10.1.